The number of carbonyl (C=O) groups is 1. The van der Waals surface area contributed by atoms with Gasteiger partial charge < -0.3 is 5.32 Å². The summed E-state index contributed by atoms with van der Waals surface area (Å²) in [5.41, 5.74) is -0.570. The highest BCUT2D eigenvalue weighted by Crippen LogP contribution is 2.26. The summed E-state index contributed by atoms with van der Waals surface area (Å²) in [7, 11) is 0. The van der Waals surface area contributed by atoms with E-state index >= 15 is 0 Å². The lowest BCUT2D eigenvalue weighted by atomic mass is 9.91. The molecule has 0 atom stereocenters. The fourth-order valence-electron chi connectivity index (χ4n) is 2.46. The van der Waals surface area contributed by atoms with Gasteiger partial charge >= 0.3 is 0 Å². The van der Waals surface area contributed by atoms with E-state index in [4.69, 9.17) is 0 Å². The second kappa shape index (κ2) is 7.32. The third-order valence-corrected chi connectivity index (χ3v) is 3.56. The van der Waals surface area contributed by atoms with Crippen LogP contribution in [0.4, 0.5) is 0 Å². The van der Waals surface area contributed by atoms with Gasteiger partial charge in [0.15, 0.2) is 0 Å². The van der Waals surface area contributed by atoms with Crippen molar-refractivity contribution in [1.29, 1.82) is 5.26 Å². The maximum Gasteiger partial charge on any atom is 0.221 e. The van der Waals surface area contributed by atoms with Crippen molar-refractivity contribution in [1.82, 2.24) is 5.32 Å². The molecule has 0 heterocycles. The van der Waals surface area contributed by atoms with Crippen LogP contribution in [0.1, 0.15) is 71.1 Å². The molecule has 0 spiro atoms. The monoisotopic (exact) mass is 236 g/mol. The average molecular weight is 236 g/mol. The first-order chi connectivity index (χ1) is 8.22. The van der Waals surface area contributed by atoms with E-state index in [0.717, 1.165) is 44.9 Å². The molecule has 3 nitrogen and oxygen atoms in total. The quantitative estimate of drug-likeness (QED) is 0.588. The summed E-state index contributed by atoms with van der Waals surface area (Å²) in [4.78, 5) is 11.8. The highest BCUT2D eigenvalue weighted by atomic mass is 16.1. The first-order valence-corrected chi connectivity index (χ1v) is 6.95. The molecule has 1 N–H and O–H groups in total. The van der Waals surface area contributed by atoms with E-state index < -0.39 is 5.54 Å². The number of nitrogens with one attached hydrogen (secondary N) is 1. The Bertz CT molecular complexity index is 272. The predicted molar refractivity (Wildman–Crippen MR) is 68.3 cm³/mol. The van der Waals surface area contributed by atoms with Crippen molar-refractivity contribution in [2.75, 3.05) is 0 Å². The van der Waals surface area contributed by atoms with Crippen LogP contribution in [0, 0.1) is 11.3 Å². The standard InChI is InChI=1S/C14H24N2O/c1-2-3-6-9-13(17)16-14(12-15)10-7-4-5-8-11-14/h2-11H2,1H3,(H,16,17). The van der Waals surface area contributed by atoms with Crippen molar-refractivity contribution < 1.29 is 4.79 Å². The number of rotatable bonds is 5. The minimum Gasteiger partial charge on any atom is -0.338 e. The zero-order valence-electron chi connectivity index (χ0n) is 10.9. The van der Waals surface area contributed by atoms with Crippen molar-refractivity contribution in [3.8, 4) is 6.07 Å². The summed E-state index contributed by atoms with van der Waals surface area (Å²) < 4.78 is 0. The van der Waals surface area contributed by atoms with Crippen LogP contribution in [0.15, 0.2) is 0 Å². The van der Waals surface area contributed by atoms with E-state index in [0.29, 0.717) is 6.42 Å². The highest BCUT2D eigenvalue weighted by molar-refractivity contribution is 5.77. The van der Waals surface area contributed by atoms with Crippen LogP contribution in [0.2, 0.25) is 0 Å². The molecule has 0 radical (unpaired) electrons. The average Bonchev–Trinajstić information content (AvgIpc) is 2.56. The second-order valence-electron chi connectivity index (χ2n) is 5.11. The van der Waals surface area contributed by atoms with E-state index in [1.165, 1.54) is 12.8 Å². The maximum atomic E-state index is 11.8. The van der Waals surface area contributed by atoms with Crippen molar-refractivity contribution in [2.24, 2.45) is 0 Å². The van der Waals surface area contributed by atoms with E-state index in [-0.39, 0.29) is 5.91 Å². The summed E-state index contributed by atoms with van der Waals surface area (Å²) in [6, 6.07) is 2.35. The van der Waals surface area contributed by atoms with Gasteiger partial charge in [-0.2, -0.15) is 5.26 Å². The molecule has 1 aliphatic carbocycles. The third kappa shape index (κ3) is 4.77. The van der Waals surface area contributed by atoms with Gasteiger partial charge in [-0.05, 0) is 19.3 Å². The molecule has 0 aliphatic heterocycles. The molecule has 1 amide bonds. The summed E-state index contributed by atoms with van der Waals surface area (Å²) in [6.45, 7) is 2.12. The van der Waals surface area contributed by atoms with E-state index in [9.17, 15) is 10.1 Å². The molecule has 17 heavy (non-hydrogen) atoms. The van der Waals surface area contributed by atoms with Crippen LogP contribution in [-0.2, 0) is 4.79 Å². The Kier molecular flexibility index (Phi) is 6.04. The van der Waals surface area contributed by atoms with Gasteiger partial charge in [-0.25, -0.2) is 0 Å². The Morgan fingerprint density at radius 1 is 1.24 bits per heavy atom. The van der Waals surface area contributed by atoms with Crippen molar-refractivity contribution >= 4 is 5.91 Å². The molecule has 1 rings (SSSR count). The van der Waals surface area contributed by atoms with Crippen molar-refractivity contribution in [3.05, 3.63) is 0 Å². The second-order valence-corrected chi connectivity index (χ2v) is 5.11. The Morgan fingerprint density at radius 2 is 1.88 bits per heavy atom. The van der Waals surface area contributed by atoms with Crippen LogP contribution in [0.5, 0.6) is 0 Å². The Balaban J connectivity index is 2.44. The van der Waals surface area contributed by atoms with Gasteiger partial charge in [0.2, 0.25) is 5.91 Å². The minimum absolute atomic E-state index is 0.0573. The number of hydrogen-bond acceptors (Lipinski definition) is 2. The van der Waals surface area contributed by atoms with Crippen LogP contribution in [-0.4, -0.2) is 11.4 Å². The van der Waals surface area contributed by atoms with Crippen LogP contribution < -0.4 is 5.32 Å². The van der Waals surface area contributed by atoms with Crippen LogP contribution in [0.3, 0.4) is 0 Å². The van der Waals surface area contributed by atoms with E-state index in [1.807, 2.05) is 0 Å². The minimum atomic E-state index is -0.570. The number of amides is 1. The van der Waals surface area contributed by atoms with Gasteiger partial charge in [0.05, 0.1) is 6.07 Å². The van der Waals surface area contributed by atoms with Gasteiger partial charge in [0.25, 0.3) is 0 Å². The van der Waals surface area contributed by atoms with Crippen molar-refractivity contribution in [2.45, 2.75) is 76.7 Å². The summed E-state index contributed by atoms with van der Waals surface area (Å²) in [6.07, 6.45) is 9.85. The lowest BCUT2D eigenvalue weighted by molar-refractivity contribution is -0.122. The summed E-state index contributed by atoms with van der Waals surface area (Å²) in [5, 5.41) is 12.3. The lowest BCUT2D eigenvalue weighted by Crippen LogP contribution is -2.46. The van der Waals surface area contributed by atoms with Gasteiger partial charge in [0, 0.05) is 6.42 Å². The van der Waals surface area contributed by atoms with Gasteiger partial charge in [-0.3, -0.25) is 4.79 Å². The zero-order chi connectivity index (χ0) is 12.6. The largest absolute Gasteiger partial charge is 0.338 e. The fourth-order valence-corrected chi connectivity index (χ4v) is 2.46. The van der Waals surface area contributed by atoms with E-state index in [2.05, 4.69) is 18.3 Å². The molecule has 0 aromatic carbocycles. The molecule has 96 valence electrons. The molecule has 0 unspecified atom stereocenters. The number of hydrogen-bond donors (Lipinski definition) is 1. The Hall–Kier alpha value is -1.04. The molecule has 0 aromatic rings. The molecule has 1 fully saturated rings. The van der Waals surface area contributed by atoms with Crippen LogP contribution in [0.25, 0.3) is 0 Å². The molecular weight excluding hydrogens is 212 g/mol. The number of nitriles is 1. The molecule has 1 aliphatic rings. The maximum absolute atomic E-state index is 11.8. The van der Waals surface area contributed by atoms with Gasteiger partial charge in [0.1, 0.15) is 5.54 Å². The summed E-state index contributed by atoms with van der Waals surface area (Å²) >= 11 is 0. The first kappa shape index (κ1) is 14.0. The van der Waals surface area contributed by atoms with E-state index in [1.54, 1.807) is 0 Å². The highest BCUT2D eigenvalue weighted by Gasteiger charge is 2.32. The third-order valence-electron chi connectivity index (χ3n) is 3.56. The van der Waals surface area contributed by atoms with Crippen LogP contribution >= 0.6 is 0 Å². The zero-order valence-corrected chi connectivity index (χ0v) is 10.9. The fraction of sp³-hybridized carbons (Fsp3) is 0.857. The normalized spacial score (nSPS) is 19.1. The van der Waals surface area contributed by atoms with Crippen molar-refractivity contribution in [3.63, 3.8) is 0 Å². The smallest absolute Gasteiger partial charge is 0.221 e. The number of carbonyl (C=O) groups excluding carboxylic acids is 1. The predicted octanol–water partition coefficient (Wildman–Crippen LogP) is 3.30. The lowest BCUT2D eigenvalue weighted by Gasteiger charge is -2.26. The molecule has 0 saturated heterocycles. The Morgan fingerprint density at radius 3 is 2.41 bits per heavy atom. The number of unbranched alkanes of at least 4 members (excludes halogenated alkanes) is 2. The Labute approximate surface area is 105 Å². The SMILES string of the molecule is CCCCCC(=O)NC1(C#N)CCCCCC1. The first-order valence-electron chi connectivity index (χ1n) is 6.95. The molecule has 0 aromatic heterocycles. The summed E-state index contributed by atoms with van der Waals surface area (Å²) in [5.74, 6) is 0.0573. The topological polar surface area (TPSA) is 52.9 Å². The molecular formula is C14H24N2O. The van der Waals surface area contributed by atoms with Gasteiger partial charge in [-0.1, -0.05) is 45.4 Å². The molecule has 1 saturated carbocycles. The molecule has 0 bridgehead atoms. The van der Waals surface area contributed by atoms with Gasteiger partial charge in [-0.15, -0.1) is 0 Å². The number of nitrogens with zero attached hydrogens (tertiary/aromatic N) is 1. The molecule has 3 heteroatoms.